The van der Waals surface area contributed by atoms with Gasteiger partial charge in [0.05, 0.1) is 6.61 Å². The van der Waals surface area contributed by atoms with Gasteiger partial charge in [-0.25, -0.2) is 4.39 Å². The van der Waals surface area contributed by atoms with Crippen molar-refractivity contribution in [1.82, 2.24) is 15.5 Å². The molecule has 28 heavy (non-hydrogen) atoms. The van der Waals surface area contributed by atoms with Crippen LogP contribution in [0.3, 0.4) is 0 Å². The Bertz CT molecular complexity index is 607. The van der Waals surface area contributed by atoms with Gasteiger partial charge in [-0.05, 0) is 50.5 Å². The van der Waals surface area contributed by atoms with Crippen molar-refractivity contribution in [3.05, 3.63) is 30.1 Å². The van der Waals surface area contributed by atoms with Gasteiger partial charge in [0.15, 0.2) is 5.96 Å². The number of guanidine groups is 1. The molecule has 0 aliphatic carbocycles. The van der Waals surface area contributed by atoms with Gasteiger partial charge in [0.25, 0.3) is 0 Å². The Morgan fingerprint density at radius 3 is 2.79 bits per heavy atom. The second-order valence-corrected chi connectivity index (χ2v) is 6.89. The maximum Gasteiger partial charge on any atom is 0.222 e. The molecule has 1 aliphatic rings. The first-order valence-electron chi connectivity index (χ1n) is 10.4. The van der Waals surface area contributed by atoms with Crippen molar-refractivity contribution in [3.8, 4) is 5.75 Å². The van der Waals surface area contributed by atoms with Gasteiger partial charge >= 0.3 is 0 Å². The molecule has 7 heteroatoms. The number of carbonyl (C=O) groups is 1. The fraction of sp³-hybridized carbons (Fsp3) is 0.619. The summed E-state index contributed by atoms with van der Waals surface area (Å²) in [5.41, 5.74) is 0. The summed E-state index contributed by atoms with van der Waals surface area (Å²) in [7, 11) is 0. The Morgan fingerprint density at radius 2 is 2.00 bits per heavy atom. The van der Waals surface area contributed by atoms with E-state index in [1.54, 1.807) is 12.1 Å². The van der Waals surface area contributed by atoms with Crippen LogP contribution in [0.4, 0.5) is 4.39 Å². The van der Waals surface area contributed by atoms with Crippen molar-refractivity contribution in [2.45, 2.75) is 45.4 Å². The monoisotopic (exact) mass is 392 g/mol. The van der Waals surface area contributed by atoms with Gasteiger partial charge in [-0.2, -0.15) is 0 Å². The normalized spacial score (nSPS) is 15.3. The molecule has 0 atom stereocenters. The first-order chi connectivity index (χ1) is 13.7. The number of likely N-dealkylation sites (tertiary alicyclic amines) is 1. The lowest BCUT2D eigenvalue weighted by molar-refractivity contribution is -0.130. The fourth-order valence-electron chi connectivity index (χ4n) is 3.07. The van der Waals surface area contributed by atoms with Crippen LogP contribution in [0, 0.1) is 5.82 Å². The minimum absolute atomic E-state index is 0.265. The van der Waals surface area contributed by atoms with Gasteiger partial charge in [0.1, 0.15) is 11.6 Å². The van der Waals surface area contributed by atoms with Crippen LogP contribution in [0.15, 0.2) is 29.3 Å². The van der Waals surface area contributed by atoms with E-state index >= 15 is 0 Å². The van der Waals surface area contributed by atoms with Crippen molar-refractivity contribution in [2.75, 3.05) is 39.3 Å². The molecule has 1 aromatic carbocycles. The van der Waals surface area contributed by atoms with Gasteiger partial charge in [0, 0.05) is 45.6 Å². The van der Waals surface area contributed by atoms with E-state index in [0.29, 0.717) is 31.2 Å². The summed E-state index contributed by atoms with van der Waals surface area (Å²) < 4.78 is 18.4. The van der Waals surface area contributed by atoms with E-state index in [1.807, 2.05) is 11.8 Å². The van der Waals surface area contributed by atoms with Gasteiger partial charge in [0.2, 0.25) is 5.91 Å². The largest absolute Gasteiger partial charge is 0.494 e. The van der Waals surface area contributed by atoms with Crippen LogP contribution in [0.25, 0.3) is 0 Å². The van der Waals surface area contributed by atoms with E-state index in [9.17, 15) is 9.18 Å². The van der Waals surface area contributed by atoms with Crippen molar-refractivity contribution in [2.24, 2.45) is 4.99 Å². The van der Waals surface area contributed by atoms with Crippen LogP contribution in [0.2, 0.25) is 0 Å². The van der Waals surface area contributed by atoms with Crippen LogP contribution in [-0.2, 0) is 4.79 Å². The topological polar surface area (TPSA) is 66.0 Å². The van der Waals surface area contributed by atoms with E-state index in [2.05, 4.69) is 15.6 Å². The molecule has 0 spiro atoms. The Hall–Kier alpha value is -2.31. The number of amides is 1. The smallest absolute Gasteiger partial charge is 0.222 e. The molecule has 0 bridgehead atoms. The standard InChI is InChI=1S/C21H33FN4O2/c1-2-23-21(24-13-6-16-26-15-5-3-4-8-20(26)27)25-14-7-17-28-19-11-9-18(22)10-12-19/h9-12H,2-8,13-17H2,1H3,(H2,23,24,25). The van der Waals surface area contributed by atoms with E-state index in [-0.39, 0.29) is 5.82 Å². The summed E-state index contributed by atoms with van der Waals surface area (Å²) >= 11 is 0. The van der Waals surface area contributed by atoms with Gasteiger partial charge in [-0.15, -0.1) is 0 Å². The maximum atomic E-state index is 12.9. The van der Waals surface area contributed by atoms with E-state index in [1.165, 1.54) is 12.1 Å². The summed E-state index contributed by atoms with van der Waals surface area (Å²) in [5.74, 6) is 1.47. The minimum atomic E-state index is -0.265. The molecule has 0 radical (unpaired) electrons. The molecule has 1 amide bonds. The predicted octanol–water partition coefficient (Wildman–Crippen LogP) is 2.94. The quantitative estimate of drug-likeness (QED) is 0.365. The molecular weight excluding hydrogens is 359 g/mol. The maximum absolute atomic E-state index is 12.9. The van der Waals surface area contributed by atoms with Gasteiger partial charge in [-0.3, -0.25) is 9.79 Å². The highest BCUT2D eigenvalue weighted by Crippen LogP contribution is 2.12. The third-order valence-electron chi connectivity index (χ3n) is 4.57. The summed E-state index contributed by atoms with van der Waals surface area (Å²) in [5, 5.41) is 6.55. The highest BCUT2D eigenvalue weighted by molar-refractivity contribution is 5.79. The zero-order valence-corrected chi connectivity index (χ0v) is 16.9. The SMILES string of the molecule is CCNC(=NCCCOc1ccc(F)cc1)NCCCN1CCCCCC1=O. The third-order valence-corrected chi connectivity index (χ3v) is 4.57. The first kappa shape index (κ1) is 22.0. The zero-order valence-electron chi connectivity index (χ0n) is 16.9. The van der Waals surface area contributed by atoms with Crippen molar-refractivity contribution in [3.63, 3.8) is 0 Å². The molecule has 0 aromatic heterocycles. The molecular formula is C21H33FN4O2. The average Bonchev–Trinajstić information content (AvgIpc) is 2.90. The second kappa shape index (κ2) is 13.0. The lowest BCUT2D eigenvalue weighted by Crippen LogP contribution is -2.39. The number of nitrogens with one attached hydrogen (secondary N) is 2. The number of ether oxygens (including phenoxy) is 1. The number of hydrogen-bond donors (Lipinski definition) is 2. The molecule has 1 saturated heterocycles. The Balaban J connectivity index is 1.62. The number of benzene rings is 1. The van der Waals surface area contributed by atoms with Crippen molar-refractivity contribution >= 4 is 11.9 Å². The number of hydrogen-bond acceptors (Lipinski definition) is 3. The molecule has 0 saturated carbocycles. The number of nitrogens with zero attached hydrogens (tertiary/aromatic N) is 2. The summed E-state index contributed by atoms with van der Waals surface area (Å²) in [4.78, 5) is 18.5. The molecule has 156 valence electrons. The molecule has 2 rings (SSSR count). The van der Waals surface area contributed by atoms with Crippen LogP contribution in [0.1, 0.15) is 45.4 Å². The number of halogens is 1. The number of rotatable bonds is 10. The minimum Gasteiger partial charge on any atom is -0.494 e. The number of carbonyl (C=O) groups excluding carboxylic acids is 1. The summed E-state index contributed by atoms with van der Waals surface area (Å²) in [6.45, 7) is 6.47. The molecule has 0 unspecified atom stereocenters. The molecule has 2 N–H and O–H groups in total. The highest BCUT2D eigenvalue weighted by atomic mass is 19.1. The van der Waals surface area contributed by atoms with Crippen LogP contribution in [-0.4, -0.2) is 56.1 Å². The Morgan fingerprint density at radius 1 is 1.18 bits per heavy atom. The third kappa shape index (κ3) is 8.59. The molecule has 1 heterocycles. The van der Waals surface area contributed by atoms with Crippen LogP contribution in [0.5, 0.6) is 5.75 Å². The lowest BCUT2D eigenvalue weighted by Gasteiger charge is -2.20. The Labute approximate surface area is 167 Å². The molecule has 1 aliphatic heterocycles. The Kier molecular flexibility index (Phi) is 10.2. The predicted molar refractivity (Wildman–Crippen MR) is 110 cm³/mol. The van der Waals surface area contributed by atoms with Gasteiger partial charge in [-0.1, -0.05) is 6.42 Å². The molecule has 1 fully saturated rings. The summed E-state index contributed by atoms with van der Waals surface area (Å²) in [6, 6.07) is 6.03. The second-order valence-electron chi connectivity index (χ2n) is 6.89. The highest BCUT2D eigenvalue weighted by Gasteiger charge is 2.15. The van der Waals surface area contributed by atoms with E-state index in [0.717, 1.165) is 64.2 Å². The van der Waals surface area contributed by atoms with Crippen molar-refractivity contribution < 1.29 is 13.9 Å². The zero-order chi connectivity index (χ0) is 20.0. The average molecular weight is 393 g/mol. The fourth-order valence-corrected chi connectivity index (χ4v) is 3.07. The van der Waals surface area contributed by atoms with Crippen LogP contribution < -0.4 is 15.4 Å². The van der Waals surface area contributed by atoms with Crippen LogP contribution >= 0.6 is 0 Å². The van der Waals surface area contributed by atoms with E-state index in [4.69, 9.17) is 4.74 Å². The first-order valence-corrected chi connectivity index (χ1v) is 10.4. The summed E-state index contributed by atoms with van der Waals surface area (Å²) in [6.07, 6.45) is 5.67. The van der Waals surface area contributed by atoms with E-state index < -0.39 is 0 Å². The molecule has 1 aromatic rings. The number of aliphatic imine (C=N–C) groups is 1. The molecule has 6 nitrogen and oxygen atoms in total. The lowest BCUT2D eigenvalue weighted by atomic mass is 10.2. The van der Waals surface area contributed by atoms with Gasteiger partial charge < -0.3 is 20.3 Å². The van der Waals surface area contributed by atoms with Crippen molar-refractivity contribution in [1.29, 1.82) is 0 Å².